The van der Waals surface area contributed by atoms with Crippen molar-refractivity contribution < 1.29 is 14.3 Å². The van der Waals surface area contributed by atoms with Crippen LogP contribution in [0.15, 0.2) is 35.1 Å². The topological polar surface area (TPSA) is 91.5 Å². The molecule has 2 aromatic heterocycles. The van der Waals surface area contributed by atoms with Gasteiger partial charge in [0.05, 0.1) is 35.7 Å². The number of hydrogen-bond donors (Lipinski definition) is 0. The zero-order valence-corrected chi connectivity index (χ0v) is 19.3. The van der Waals surface area contributed by atoms with Crippen molar-refractivity contribution in [2.45, 2.75) is 51.9 Å². The second-order valence-corrected chi connectivity index (χ2v) is 8.75. The van der Waals surface area contributed by atoms with Crippen LogP contribution in [0.1, 0.15) is 43.6 Å². The smallest absolute Gasteiger partial charge is 0.278 e. The van der Waals surface area contributed by atoms with Crippen LogP contribution in [0.2, 0.25) is 0 Å². The summed E-state index contributed by atoms with van der Waals surface area (Å²) in [7, 11) is 0. The average molecular weight is 452 g/mol. The molecule has 0 N–H and O–H groups in total. The molecule has 0 aliphatic carbocycles. The number of piperidine rings is 1. The van der Waals surface area contributed by atoms with E-state index in [1.807, 2.05) is 51.1 Å². The zero-order chi connectivity index (χ0) is 23.2. The first-order valence-corrected chi connectivity index (χ1v) is 11.5. The predicted molar refractivity (Wildman–Crippen MR) is 122 cm³/mol. The second-order valence-electron chi connectivity index (χ2n) is 8.75. The lowest BCUT2D eigenvalue weighted by atomic mass is 10.0. The molecule has 1 atom stereocenters. The highest BCUT2D eigenvalue weighted by Gasteiger charge is 2.42. The first-order chi connectivity index (χ1) is 15.9. The minimum absolute atomic E-state index is 0.0909. The predicted octanol–water partition coefficient (Wildman–Crippen LogP) is 2.52. The van der Waals surface area contributed by atoms with Crippen LogP contribution in [0.3, 0.4) is 0 Å². The third-order valence-electron chi connectivity index (χ3n) is 6.76. The number of fused-ring (bicyclic) bond motifs is 1. The Morgan fingerprint density at radius 2 is 1.76 bits per heavy atom. The van der Waals surface area contributed by atoms with Gasteiger partial charge in [-0.2, -0.15) is 10.2 Å². The molecule has 2 saturated heterocycles. The molecule has 0 saturated carbocycles. The van der Waals surface area contributed by atoms with Crippen LogP contribution >= 0.6 is 0 Å². The van der Waals surface area contributed by atoms with E-state index in [0.29, 0.717) is 62.2 Å². The molecule has 9 heteroatoms. The lowest BCUT2D eigenvalue weighted by molar-refractivity contribution is -0.188. The van der Waals surface area contributed by atoms with Crippen LogP contribution in [0, 0.1) is 13.8 Å². The monoisotopic (exact) mass is 451 g/mol. The number of benzene rings is 1. The van der Waals surface area contributed by atoms with Gasteiger partial charge >= 0.3 is 0 Å². The van der Waals surface area contributed by atoms with Crippen molar-refractivity contribution in [1.29, 1.82) is 0 Å². The van der Waals surface area contributed by atoms with Crippen molar-refractivity contribution in [3.05, 3.63) is 52.1 Å². The van der Waals surface area contributed by atoms with Crippen LogP contribution in [0.25, 0.3) is 16.6 Å². The number of aryl methyl sites for hydroxylation is 2. The molecule has 2 aliphatic rings. The summed E-state index contributed by atoms with van der Waals surface area (Å²) in [6.45, 7) is 7.89. The highest BCUT2D eigenvalue weighted by Crippen LogP contribution is 2.32. The molecule has 5 rings (SSSR count). The SMILES string of the molecule is CCC(C(=O)N1CCC2(CC1)OCCO2)n1nc(C)c2nn(-c3ccccc3)c(C)c2c1=O. The van der Waals surface area contributed by atoms with Crippen LogP contribution in [-0.2, 0) is 14.3 Å². The number of rotatable bonds is 4. The van der Waals surface area contributed by atoms with Crippen molar-refractivity contribution in [1.82, 2.24) is 24.5 Å². The second kappa shape index (κ2) is 8.39. The van der Waals surface area contributed by atoms with Crippen LogP contribution in [0.5, 0.6) is 0 Å². The quantitative estimate of drug-likeness (QED) is 0.605. The molecule has 174 valence electrons. The molecule has 2 fully saturated rings. The summed E-state index contributed by atoms with van der Waals surface area (Å²) >= 11 is 0. The summed E-state index contributed by atoms with van der Waals surface area (Å²) in [5, 5.41) is 9.70. The molecule has 9 nitrogen and oxygen atoms in total. The Morgan fingerprint density at radius 3 is 2.39 bits per heavy atom. The van der Waals surface area contributed by atoms with E-state index >= 15 is 0 Å². The molecule has 1 amide bonds. The lowest BCUT2D eigenvalue weighted by Crippen LogP contribution is -2.50. The molecule has 1 aromatic carbocycles. The van der Waals surface area contributed by atoms with Crippen LogP contribution < -0.4 is 5.56 Å². The van der Waals surface area contributed by atoms with E-state index in [2.05, 4.69) is 10.2 Å². The average Bonchev–Trinajstić information content (AvgIpc) is 3.43. The summed E-state index contributed by atoms with van der Waals surface area (Å²) in [5.41, 5.74) is 2.51. The largest absolute Gasteiger partial charge is 0.347 e. The standard InChI is InChI=1S/C24H29N5O4/c1-4-19(22(30)27-12-10-24(11-13-27)32-14-15-33-24)29-23(31)20-17(3)28(18-8-6-5-7-9-18)26-21(20)16(2)25-29/h5-9,19H,4,10-15H2,1-3H3. The number of para-hydroxylation sites is 1. The van der Waals surface area contributed by atoms with Crippen LogP contribution in [0.4, 0.5) is 0 Å². The normalized spacial score (nSPS) is 18.8. The van der Waals surface area contributed by atoms with Gasteiger partial charge in [-0.15, -0.1) is 0 Å². The Balaban J connectivity index is 1.49. The van der Waals surface area contributed by atoms with E-state index in [9.17, 15) is 9.59 Å². The van der Waals surface area contributed by atoms with Crippen molar-refractivity contribution in [2.75, 3.05) is 26.3 Å². The van der Waals surface area contributed by atoms with Gasteiger partial charge in [-0.3, -0.25) is 9.59 Å². The fourth-order valence-electron chi connectivity index (χ4n) is 4.93. The van der Waals surface area contributed by atoms with E-state index in [1.165, 1.54) is 4.68 Å². The van der Waals surface area contributed by atoms with Gasteiger partial charge < -0.3 is 14.4 Å². The zero-order valence-electron chi connectivity index (χ0n) is 19.3. The number of likely N-dealkylation sites (tertiary alicyclic amines) is 1. The maximum absolute atomic E-state index is 13.6. The lowest BCUT2D eigenvalue weighted by Gasteiger charge is -2.38. The number of carbonyl (C=O) groups is 1. The molecule has 3 aromatic rings. The van der Waals surface area contributed by atoms with E-state index in [-0.39, 0.29) is 11.5 Å². The number of carbonyl (C=O) groups excluding carboxylic acids is 1. The Morgan fingerprint density at radius 1 is 1.09 bits per heavy atom. The number of hydrogen-bond acceptors (Lipinski definition) is 6. The molecular formula is C24H29N5O4. The van der Waals surface area contributed by atoms with E-state index in [1.54, 1.807) is 9.58 Å². The number of amides is 1. The van der Waals surface area contributed by atoms with Gasteiger partial charge in [0.2, 0.25) is 5.91 Å². The Bertz CT molecular complexity index is 1230. The van der Waals surface area contributed by atoms with Gasteiger partial charge in [0.1, 0.15) is 11.6 Å². The molecule has 1 spiro atoms. The third kappa shape index (κ3) is 3.65. The summed E-state index contributed by atoms with van der Waals surface area (Å²) in [6, 6.07) is 9.02. The van der Waals surface area contributed by atoms with Crippen molar-refractivity contribution >= 4 is 16.8 Å². The van der Waals surface area contributed by atoms with Gasteiger partial charge in [0.25, 0.3) is 5.56 Å². The molecule has 1 unspecified atom stereocenters. The fourth-order valence-corrected chi connectivity index (χ4v) is 4.93. The number of nitrogens with zero attached hydrogens (tertiary/aromatic N) is 5. The molecule has 0 bridgehead atoms. The van der Waals surface area contributed by atoms with Gasteiger partial charge in [-0.25, -0.2) is 9.36 Å². The first-order valence-electron chi connectivity index (χ1n) is 11.5. The van der Waals surface area contributed by atoms with Gasteiger partial charge in [-0.05, 0) is 32.4 Å². The third-order valence-corrected chi connectivity index (χ3v) is 6.76. The summed E-state index contributed by atoms with van der Waals surface area (Å²) < 4.78 is 14.7. The van der Waals surface area contributed by atoms with E-state index in [0.717, 1.165) is 11.4 Å². The first kappa shape index (κ1) is 21.8. The highest BCUT2D eigenvalue weighted by molar-refractivity contribution is 5.84. The van der Waals surface area contributed by atoms with Crippen molar-refractivity contribution in [3.8, 4) is 5.69 Å². The van der Waals surface area contributed by atoms with Gasteiger partial charge in [-0.1, -0.05) is 25.1 Å². The summed E-state index contributed by atoms with van der Waals surface area (Å²) in [4.78, 5) is 28.8. The number of aromatic nitrogens is 4. The maximum atomic E-state index is 13.6. The minimum atomic E-state index is -0.667. The fraction of sp³-hybridized carbons (Fsp3) is 0.500. The molecule has 4 heterocycles. The minimum Gasteiger partial charge on any atom is -0.347 e. The summed E-state index contributed by atoms with van der Waals surface area (Å²) in [6.07, 6.45) is 1.74. The van der Waals surface area contributed by atoms with Crippen molar-refractivity contribution in [3.63, 3.8) is 0 Å². The maximum Gasteiger partial charge on any atom is 0.278 e. The van der Waals surface area contributed by atoms with Gasteiger partial charge in [0, 0.05) is 25.9 Å². The molecule has 0 radical (unpaired) electrons. The Hall–Kier alpha value is -3.04. The number of ether oxygens (including phenoxy) is 2. The van der Waals surface area contributed by atoms with E-state index < -0.39 is 11.8 Å². The highest BCUT2D eigenvalue weighted by atomic mass is 16.7. The van der Waals surface area contributed by atoms with E-state index in [4.69, 9.17) is 9.47 Å². The molecular weight excluding hydrogens is 422 g/mol. The summed E-state index contributed by atoms with van der Waals surface area (Å²) in [5.74, 6) is -0.640. The Kier molecular flexibility index (Phi) is 5.54. The van der Waals surface area contributed by atoms with Crippen LogP contribution in [-0.4, -0.2) is 62.5 Å². The van der Waals surface area contributed by atoms with Crippen molar-refractivity contribution in [2.24, 2.45) is 0 Å². The molecule has 2 aliphatic heterocycles. The molecule has 33 heavy (non-hydrogen) atoms. The van der Waals surface area contributed by atoms with Gasteiger partial charge in [0.15, 0.2) is 5.79 Å². The Labute approximate surface area is 191 Å².